The zero-order valence-electron chi connectivity index (χ0n) is 52.9. The van der Waals surface area contributed by atoms with Gasteiger partial charge in [0, 0.05) is 62.4 Å². The lowest BCUT2D eigenvalue weighted by molar-refractivity contribution is 0.245. The van der Waals surface area contributed by atoms with Crippen LogP contribution in [0.15, 0.2) is 243 Å². The van der Waals surface area contributed by atoms with Gasteiger partial charge >= 0.3 is 0 Å². The van der Waals surface area contributed by atoms with Crippen molar-refractivity contribution in [2.45, 2.75) is 116 Å². The van der Waals surface area contributed by atoms with Crippen molar-refractivity contribution in [3.8, 4) is 44.6 Å². The highest BCUT2D eigenvalue weighted by molar-refractivity contribution is 7.00. The summed E-state index contributed by atoms with van der Waals surface area (Å²) in [6, 6.07) is 90.7. The number of benzene rings is 10. The number of aromatic nitrogens is 1. The van der Waals surface area contributed by atoms with Crippen LogP contribution in [0.25, 0.3) is 44.6 Å². The summed E-state index contributed by atoms with van der Waals surface area (Å²) in [5.74, 6) is 0. The van der Waals surface area contributed by atoms with Crippen LogP contribution in [0.3, 0.4) is 0 Å². The molecular weight excluding hydrogens is 1060 g/mol. The second-order valence-corrected chi connectivity index (χ2v) is 28.7. The summed E-state index contributed by atoms with van der Waals surface area (Å²) >= 11 is 0. The fraction of sp³-hybridized carbons (Fsp3) is 0.217. The fourth-order valence-electron chi connectivity index (χ4n) is 15.4. The summed E-state index contributed by atoms with van der Waals surface area (Å²) in [5, 5.41) is 0. The van der Waals surface area contributed by atoms with Crippen LogP contribution >= 0.6 is 0 Å². The molecule has 0 radical (unpaired) electrons. The number of hydrogen-bond donors (Lipinski definition) is 0. The molecule has 88 heavy (non-hydrogen) atoms. The molecule has 0 amide bonds. The van der Waals surface area contributed by atoms with Crippen LogP contribution in [0.1, 0.15) is 116 Å². The standard InChI is InChI=1S/C83H77BN4/c1-79(2,3)60-37-42-71(64(49-60)55-27-17-13-18-28-55)86-74-48-58(54-25-15-12-16-26-54)34-39-68(74)84-69-40-36-62(81(7,8)9)51-75(69)87(72-43-38-61(80(4,5)6)50-65(72)56-29-19-14-20-30-56)77-53-63(52-76(86)78(77)84)88-73-41-35-59(70-33-23-24-46-85-70)47-67(73)82(10)45-44-57-31-21-22-32-66(57)83(82,88)11/h12-43,46-53H,44-45H2,1-11H3. The van der Waals surface area contributed by atoms with Crippen molar-refractivity contribution >= 4 is 68.6 Å². The van der Waals surface area contributed by atoms with Crippen molar-refractivity contribution in [2.24, 2.45) is 0 Å². The van der Waals surface area contributed by atoms with E-state index in [2.05, 4.69) is 321 Å². The number of rotatable bonds is 7. The Morgan fingerprint density at radius 2 is 0.875 bits per heavy atom. The van der Waals surface area contributed by atoms with Crippen molar-refractivity contribution in [3.05, 3.63) is 276 Å². The minimum Gasteiger partial charge on any atom is -0.330 e. The van der Waals surface area contributed by atoms with Gasteiger partial charge in [-0.05, 0) is 181 Å². The Balaban J connectivity index is 1.12. The molecule has 4 aliphatic rings. The molecule has 2 atom stereocenters. The van der Waals surface area contributed by atoms with E-state index >= 15 is 0 Å². The van der Waals surface area contributed by atoms with Gasteiger partial charge < -0.3 is 14.7 Å². The fourth-order valence-corrected chi connectivity index (χ4v) is 15.4. The lowest BCUT2D eigenvalue weighted by Crippen LogP contribution is -2.61. The maximum Gasteiger partial charge on any atom is 0.252 e. The summed E-state index contributed by atoms with van der Waals surface area (Å²) in [7, 11) is 0. The average Bonchev–Trinajstić information content (AvgIpc) is 1.38. The smallest absolute Gasteiger partial charge is 0.252 e. The van der Waals surface area contributed by atoms with Crippen LogP contribution < -0.4 is 31.1 Å². The number of nitrogens with zero attached hydrogens (tertiary/aromatic N) is 4. The van der Waals surface area contributed by atoms with Crippen molar-refractivity contribution in [1.82, 2.24) is 4.98 Å². The first-order valence-corrected chi connectivity index (χ1v) is 31.8. The van der Waals surface area contributed by atoms with Crippen molar-refractivity contribution < 1.29 is 0 Å². The van der Waals surface area contributed by atoms with Gasteiger partial charge in [0.2, 0.25) is 0 Å². The maximum absolute atomic E-state index is 4.94. The van der Waals surface area contributed by atoms with Crippen LogP contribution in [0.5, 0.6) is 0 Å². The largest absolute Gasteiger partial charge is 0.330 e. The molecule has 432 valence electrons. The Bertz CT molecular complexity index is 4550. The zero-order valence-corrected chi connectivity index (χ0v) is 52.9. The molecule has 0 spiro atoms. The summed E-state index contributed by atoms with van der Waals surface area (Å²) in [6.07, 6.45) is 3.91. The Kier molecular flexibility index (Phi) is 12.7. The van der Waals surface area contributed by atoms with Gasteiger partial charge in [-0.3, -0.25) is 4.98 Å². The number of anilines is 8. The third-order valence-corrected chi connectivity index (χ3v) is 20.4. The van der Waals surface area contributed by atoms with Gasteiger partial charge in [-0.2, -0.15) is 0 Å². The second-order valence-electron chi connectivity index (χ2n) is 28.7. The van der Waals surface area contributed by atoms with E-state index in [1.165, 1.54) is 112 Å². The highest BCUT2D eigenvalue weighted by Gasteiger charge is 2.60. The summed E-state index contributed by atoms with van der Waals surface area (Å²) < 4.78 is 0. The lowest BCUT2D eigenvalue weighted by Gasteiger charge is -2.52. The van der Waals surface area contributed by atoms with Gasteiger partial charge in [0.15, 0.2) is 0 Å². The molecule has 3 aliphatic heterocycles. The van der Waals surface area contributed by atoms with E-state index in [1.54, 1.807) is 0 Å². The van der Waals surface area contributed by atoms with Crippen molar-refractivity contribution in [3.63, 3.8) is 0 Å². The monoisotopic (exact) mass is 1140 g/mol. The van der Waals surface area contributed by atoms with Gasteiger partial charge in [0.25, 0.3) is 6.71 Å². The molecule has 0 saturated carbocycles. The van der Waals surface area contributed by atoms with E-state index in [-0.39, 0.29) is 28.4 Å². The molecule has 4 heterocycles. The molecule has 4 nitrogen and oxygen atoms in total. The highest BCUT2D eigenvalue weighted by Crippen LogP contribution is 2.65. The molecule has 2 unspecified atom stereocenters. The van der Waals surface area contributed by atoms with Gasteiger partial charge in [0.05, 0.1) is 22.6 Å². The van der Waals surface area contributed by atoms with Crippen LogP contribution in [-0.2, 0) is 33.6 Å². The molecular formula is C83H77BN4. The van der Waals surface area contributed by atoms with Crippen LogP contribution in [0.4, 0.5) is 45.5 Å². The van der Waals surface area contributed by atoms with E-state index in [0.717, 1.165) is 41.2 Å². The predicted octanol–water partition coefficient (Wildman–Crippen LogP) is 20.0. The molecule has 0 fully saturated rings. The van der Waals surface area contributed by atoms with Gasteiger partial charge in [-0.1, -0.05) is 233 Å². The molecule has 11 aromatic rings. The summed E-state index contributed by atoms with van der Waals surface area (Å²) in [5.41, 5.74) is 29.5. The lowest BCUT2D eigenvalue weighted by atomic mass is 9.33. The molecule has 15 rings (SSSR count). The first-order chi connectivity index (χ1) is 42.3. The predicted molar refractivity (Wildman–Crippen MR) is 374 cm³/mol. The molecule has 0 N–H and O–H groups in total. The quantitative estimate of drug-likeness (QED) is 0.148. The normalized spacial score (nSPS) is 17.4. The third-order valence-electron chi connectivity index (χ3n) is 20.4. The SMILES string of the molecule is CC(C)(C)c1ccc(N2c3cc(-c4ccccc4)ccc3B3c4ccc(C(C)(C)C)cc4N(c4ccc(C(C)(C)C)cc4-c4ccccc4)c4cc(N5c6ccc(-c7ccccn7)cc6C6(C)CCc7ccccc7C56C)cc2c43)c(-c2ccccc2)c1. The van der Waals surface area contributed by atoms with E-state index in [1.807, 2.05) is 12.3 Å². The summed E-state index contributed by atoms with van der Waals surface area (Å²) in [6.45, 7) is 26.1. The number of pyridine rings is 1. The van der Waals surface area contributed by atoms with Crippen LogP contribution in [0, 0.1) is 0 Å². The Labute approximate surface area is 522 Å². The van der Waals surface area contributed by atoms with Crippen LogP contribution in [0.2, 0.25) is 0 Å². The number of hydrogen-bond acceptors (Lipinski definition) is 4. The molecule has 0 saturated heterocycles. The Morgan fingerprint density at radius 3 is 1.44 bits per heavy atom. The molecule has 5 heteroatoms. The first-order valence-electron chi connectivity index (χ1n) is 31.8. The zero-order chi connectivity index (χ0) is 60.6. The number of aryl methyl sites for hydroxylation is 1. The van der Waals surface area contributed by atoms with Gasteiger partial charge in [0.1, 0.15) is 0 Å². The van der Waals surface area contributed by atoms with Crippen LogP contribution in [-0.4, -0.2) is 11.7 Å². The molecule has 0 bridgehead atoms. The second kappa shape index (κ2) is 20.2. The summed E-state index contributed by atoms with van der Waals surface area (Å²) in [4.78, 5) is 13.1. The van der Waals surface area contributed by atoms with E-state index < -0.39 is 5.54 Å². The van der Waals surface area contributed by atoms with Crippen molar-refractivity contribution in [2.75, 3.05) is 14.7 Å². The van der Waals surface area contributed by atoms with E-state index in [9.17, 15) is 0 Å². The minimum absolute atomic E-state index is 0.0920. The third kappa shape index (κ3) is 8.66. The molecule has 1 aliphatic carbocycles. The van der Waals surface area contributed by atoms with Gasteiger partial charge in [-0.15, -0.1) is 0 Å². The topological polar surface area (TPSA) is 22.6 Å². The first kappa shape index (κ1) is 55.4. The number of fused-ring (bicyclic) bond motifs is 9. The molecule has 10 aromatic carbocycles. The average molecular weight is 1140 g/mol. The Hall–Kier alpha value is -9.19. The van der Waals surface area contributed by atoms with Crippen molar-refractivity contribution in [1.29, 1.82) is 0 Å². The van der Waals surface area contributed by atoms with E-state index in [0.29, 0.717) is 0 Å². The van der Waals surface area contributed by atoms with Gasteiger partial charge in [-0.25, -0.2) is 0 Å². The van der Waals surface area contributed by atoms with E-state index in [4.69, 9.17) is 4.98 Å². The highest BCUT2D eigenvalue weighted by atomic mass is 15.3. The minimum atomic E-state index is -0.519. The Morgan fingerprint density at radius 1 is 0.386 bits per heavy atom. The maximum atomic E-state index is 4.94. The molecule has 1 aromatic heterocycles.